The number of hydrogen-bond acceptors (Lipinski definition) is 5. The third-order valence-corrected chi connectivity index (χ3v) is 6.30. The Balaban J connectivity index is 1.54. The van der Waals surface area contributed by atoms with Gasteiger partial charge in [0.05, 0.1) is 22.3 Å². The van der Waals surface area contributed by atoms with Crippen molar-refractivity contribution in [3.63, 3.8) is 0 Å². The number of phenolic OH excluding ortho intramolecular Hbond substituents is 1. The van der Waals surface area contributed by atoms with Gasteiger partial charge in [0.25, 0.3) is 5.91 Å². The molecular weight excluding hydrogens is 373 g/mol. The third kappa shape index (κ3) is 2.95. The molecule has 0 atom stereocenters. The number of hydrogen-bond donors (Lipinski definition) is 3. The van der Waals surface area contributed by atoms with Crippen molar-refractivity contribution in [2.24, 2.45) is 5.41 Å². The van der Waals surface area contributed by atoms with Crippen LogP contribution in [0.2, 0.25) is 0 Å². The number of nitrogens with zero attached hydrogens (tertiary/aromatic N) is 3. The highest BCUT2D eigenvalue weighted by molar-refractivity contribution is 6.07. The van der Waals surface area contributed by atoms with Gasteiger partial charge in [-0.25, -0.2) is 9.37 Å². The van der Waals surface area contributed by atoms with E-state index in [1.807, 2.05) is 11.8 Å². The largest absolute Gasteiger partial charge is 0.505 e. The normalized spacial score (nSPS) is 18.2. The Morgan fingerprint density at radius 3 is 2.66 bits per heavy atom. The molecule has 2 aliphatic rings. The number of halogens is 1. The molecule has 0 aliphatic carbocycles. The number of aromatic hydroxyl groups is 1. The number of carbonyl (C=O) groups is 1. The second-order valence-electron chi connectivity index (χ2n) is 8.15. The average Bonchev–Trinajstić information content (AvgIpc) is 3.09. The maximum absolute atomic E-state index is 13.9. The number of pyridine rings is 1. The molecule has 1 spiro atoms. The van der Waals surface area contributed by atoms with Gasteiger partial charge in [-0.3, -0.25) is 9.89 Å². The number of likely N-dealkylation sites (tertiary alicyclic amines) is 1. The van der Waals surface area contributed by atoms with Gasteiger partial charge < -0.3 is 15.3 Å². The van der Waals surface area contributed by atoms with E-state index in [2.05, 4.69) is 20.5 Å². The third-order valence-electron chi connectivity index (χ3n) is 6.30. The molecule has 150 valence electrons. The zero-order chi connectivity index (χ0) is 20.2. The smallest absolute Gasteiger partial charge is 0.254 e. The van der Waals surface area contributed by atoms with Crippen molar-refractivity contribution in [3.8, 4) is 17.0 Å². The highest BCUT2D eigenvalue weighted by Crippen LogP contribution is 2.36. The summed E-state index contributed by atoms with van der Waals surface area (Å²) in [4.78, 5) is 19.8. The predicted molar refractivity (Wildman–Crippen MR) is 106 cm³/mol. The van der Waals surface area contributed by atoms with Crippen molar-refractivity contribution < 1.29 is 14.3 Å². The van der Waals surface area contributed by atoms with E-state index in [4.69, 9.17) is 0 Å². The zero-order valence-corrected chi connectivity index (χ0v) is 16.1. The number of nitrogens with one attached hydrogen (secondary N) is 2. The van der Waals surface area contributed by atoms with Crippen LogP contribution in [-0.2, 0) is 0 Å². The van der Waals surface area contributed by atoms with Gasteiger partial charge in [0.2, 0.25) is 0 Å². The van der Waals surface area contributed by atoms with Gasteiger partial charge >= 0.3 is 0 Å². The molecule has 2 aliphatic heterocycles. The molecule has 0 saturated carbocycles. The van der Waals surface area contributed by atoms with Crippen LogP contribution in [0.15, 0.2) is 24.3 Å². The first-order valence-corrected chi connectivity index (χ1v) is 9.80. The van der Waals surface area contributed by atoms with Crippen molar-refractivity contribution in [2.45, 2.75) is 19.8 Å². The van der Waals surface area contributed by atoms with Gasteiger partial charge in [-0.2, -0.15) is 5.10 Å². The molecule has 2 aromatic heterocycles. The van der Waals surface area contributed by atoms with E-state index in [1.165, 1.54) is 12.1 Å². The van der Waals surface area contributed by atoms with Crippen LogP contribution in [0, 0.1) is 18.2 Å². The van der Waals surface area contributed by atoms with Gasteiger partial charge in [-0.05, 0) is 49.4 Å². The number of fused-ring (bicyclic) bond motifs is 1. The van der Waals surface area contributed by atoms with E-state index >= 15 is 0 Å². The molecule has 0 bridgehead atoms. The lowest BCUT2D eigenvalue weighted by atomic mass is 9.73. The number of phenols is 1. The fourth-order valence-electron chi connectivity index (χ4n) is 4.35. The second-order valence-corrected chi connectivity index (χ2v) is 8.15. The van der Waals surface area contributed by atoms with Crippen LogP contribution in [0.25, 0.3) is 22.3 Å². The summed E-state index contributed by atoms with van der Waals surface area (Å²) in [6.07, 6.45) is 2.00. The molecule has 3 N–H and O–H groups in total. The van der Waals surface area contributed by atoms with Crippen LogP contribution >= 0.6 is 0 Å². The molecule has 0 radical (unpaired) electrons. The van der Waals surface area contributed by atoms with E-state index < -0.39 is 11.6 Å². The number of piperidine rings is 1. The fourth-order valence-corrected chi connectivity index (χ4v) is 4.35. The minimum absolute atomic E-state index is 0.0514. The lowest BCUT2D eigenvalue weighted by Gasteiger charge is -2.48. The first kappa shape index (κ1) is 18.1. The molecule has 2 saturated heterocycles. The Bertz CT molecular complexity index is 1110. The summed E-state index contributed by atoms with van der Waals surface area (Å²) < 4.78 is 13.9. The molecule has 7 nitrogen and oxygen atoms in total. The highest BCUT2D eigenvalue weighted by atomic mass is 19.1. The molecule has 0 unspecified atom stereocenters. The minimum Gasteiger partial charge on any atom is -0.505 e. The molecule has 29 heavy (non-hydrogen) atoms. The molecule has 2 fully saturated rings. The van der Waals surface area contributed by atoms with Crippen LogP contribution < -0.4 is 5.32 Å². The van der Waals surface area contributed by atoms with Crippen LogP contribution in [0.3, 0.4) is 0 Å². The second kappa shape index (κ2) is 6.52. The number of amides is 1. The highest BCUT2D eigenvalue weighted by Gasteiger charge is 2.40. The maximum atomic E-state index is 13.9. The van der Waals surface area contributed by atoms with Crippen molar-refractivity contribution in [1.29, 1.82) is 0 Å². The molecular formula is C21H22FN5O2. The van der Waals surface area contributed by atoms with Crippen molar-refractivity contribution in [3.05, 3.63) is 41.3 Å². The number of H-pyrrole nitrogens is 1. The quantitative estimate of drug-likeness (QED) is 0.620. The summed E-state index contributed by atoms with van der Waals surface area (Å²) in [5.74, 6) is -1.20. The molecule has 3 aromatic rings. The molecule has 5 rings (SSSR count). The number of benzene rings is 1. The van der Waals surface area contributed by atoms with Crippen LogP contribution in [0.1, 0.15) is 28.9 Å². The minimum atomic E-state index is -0.728. The Morgan fingerprint density at radius 1 is 1.24 bits per heavy atom. The van der Waals surface area contributed by atoms with Crippen LogP contribution in [-0.4, -0.2) is 57.3 Å². The first-order valence-electron chi connectivity index (χ1n) is 9.80. The maximum Gasteiger partial charge on any atom is 0.254 e. The van der Waals surface area contributed by atoms with Crippen molar-refractivity contribution >= 4 is 16.9 Å². The van der Waals surface area contributed by atoms with Crippen molar-refractivity contribution in [1.82, 2.24) is 25.4 Å². The van der Waals surface area contributed by atoms with E-state index in [9.17, 15) is 14.3 Å². The van der Waals surface area contributed by atoms with Gasteiger partial charge in [0.15, 0.2) is 17.2 Å². The monoisotopic (exact) mass is 395 g/mol. The predicted octanol–water partition coefficient (Wildman–Crippen LogP) is 2.60. The van der Waals surface area contributed by atoms with E-state index in [-0.39, 0.29) is 5.91 Å². The number of aryl methyl sites for hydroxylation is 1. The SMILES string of the molecule is Cc1n[nH]c2nc(-c3ccc(O)c(F)c3)cc(C(=O)N3CCC4(CC3)CNC4)c12. The fraction of sp³-hybridized carbons (Fsp3) is 0.381. The van der Waals surface area contributed by atoms with E-state index in [0.717, 1.165) is 39.0 Å². The lowest BCUT2D eigenvalue weighted by molar-refractivity contribution is 0.0416. The van der Waals surface area contributed by atoms with E-state index in [0.29, 0.717) is 39.0 Å². The molecule has 4 heterocycles. The standard InChI is InChI=1S/C21H22FN5O2/c1-12-18-14(20(29)27-6-4-21(5-7-27)10-23-11-21)9-16(24-19(18)26-25-12)13-2-3-17(28)15(22)8-13/h2-3,8-9,23,28H,4-7,10-11H2,1H3,(H,24,25,26). The number of rotatable bonds is 2. The molecule has 1 amide bonds. The lowest BCUT2D eigenvalue weighted by Crippen LogP contribution is -2.58. The summed E-state index contributed by atoms with van der Waals surface area (Å²) in [6, 6.07) is 5.79. The van der Waals surface area contributed by atoms with Gasteiger partial charge in [-0.15, -0.1) is 0 Å². The van der Waals surface area contributed by atoms with E-state index in [1.54, 1.807) is 12.1 Å². The van der Waals surface area contributed by atoms with Crippen molar-refractivity contribution in [2.75, 3.05) is 26.2 Å². The van der Waals surface area contributed by atoms with Gasteiger partial charge in [-0.1, -0.05) is 0 Å². The Labute approximate surface area is 166 Å². The zero-order valence-electron chi connectivity index (χ0n) is 16.1. The summed E-state index contributed by atoms with van der Waals surface area (Å²) in [7, 11) is 0. The van der Waals surface area contributed by atoms with Crippen LogP contribution in [0.4, 0.5) is 4.39 Å². The average molecular weight is 395 g/mol. The Kier molecular flexibility index (Phi) is 4.06. The first-order chi connectivity index (χ1) is 14.0. The number of carbonyl (C=O) groups excluding carboxylic acids is 1. The van der Waals surface area contributed by atoms with Crippen LogP contribution in [0.5, 0.6) is 5.75 Å². The van der Waals surface area contributed by atoms with Gasteiger partial charge in [0.1, 0.15) is 0 Å². The number of aromatic amines is 1. The topological polar surface area (TPSA) is 94.1 Å². The molecule has 1 aromatic carbocycles. The number of aromatic nitrogens is 3. The summed E-state index contributed by atoms with van der Waals surface area (Å²) in [5, 5.41) is 20.6. The Hall–Kier alpha value is -3.00. The summed E-state index contributed by atoms with van der Waals surface area (Å²) in [5.41, 5.74) is 3.02. The summed E-state index contributed by atoms with van der Waals surface area (Å²) in [6.45, 7) is 5.36. The summed E-state index contributed by atoms with van der Waals surface area (Å²) >= 11 is 0. The molecule has 8 heteroatoms. The Morgan fingerprint density at radius 2 is 2.00 bits per heavy atom. The van der Waals surface area contributed by atoms with Gasteiger partial charge in [0, 0.05) is 31.7 Å².